The normalized spacial score (nSPS) is 11.4. The van der Waals surface area contributed by atoms with Gasteiger partial charge >= 0.3 is 0 Å². The van der Waals surface area contributed by atoms with Crippen LogP contribution < -0.4 is 10.5 Å². The van der Waals surface area contributed by atoms with E-state index in [0.717, 1.165) is 0 Å². The van der Waals surface area contributed by atoms with Crippen LogP contribution in [0.4, 0.5) is 5.82 Å². The van der Waals surface area contributed by atoms with Crippen LogP contribution in [0, 0.1) is 0 Å². The molecule has 1 rings (SSSR count). The number of sulfonamides is 1. The van der Waals surface area contributed by atoms with E-state index in [0.29, 0.717) is 13.0 Å². The molecule has 14 heavy (non-hydrogen) atoms. The number of anilines is 1. The van der Waals surface area contributed by atoms with E-state index in [1.165, 1.54) is 6.20 Å². The maximum atomic E-state index is 11.5. The number of nitrogen functional groups attached to an aromatic ring is 1. The van der Waals surface area contributed by atoms with E-state index in [9.17, 15) is 8.42 Å². The van der Waals surface area contributed by atoms with Gasteiger partial charge in [-0.15, -0.1) is 6.58 Å². The predicted molar refractivity (Wildman–Crippen MR) is 53.0 cm³/mol. The van der Waals surface area contributed by atoms with Crippen LogP contribution in [0.5, 0.6) is 0 Å². The number of aromatic nitrogens is 2. The van der Waals surface area contributed by atoms with Crippen molar-refractivity contribution in [2.24, 2.45) is 0 Å². The van der Waals surface area contributed by atoms with Crippen LogP contribution in [0.15, 0.2) is 23.7 Å². The van der Waals surface area contributed by atoms with Crippen molar-refractivity contribution in [1.82, 2.24) is 14.9 Å². The number of hydrogen-bond acceptors (Lipinski definition) is 4. The van der Waals surface area contributed by atoms with E-state index >= 15 is 0 Å². The molecule has 7 heteroatoms. The fraction of sp³-hybridized carbons (Fsp3) is 0.286. The number of nitrogens with two attached hydrogens (primary N) is 1. The Morgan fingerprint density at radius 2 is 2.43 bits per heavy atom. The Morgan fingerprint density at radius 3 is 2.93 bits per heavy atom. The Morgan fingerprint density at radius 1 is 1.71 bits per heavy atom. The number of aromatic amines is 1. The van der Waals surface area contributed by atoms with E-state index in [4.69, 9.17) is 5.73 Å². The average Bonchev–Trinajstić information content (AvgIpc) is 2.52. The molecule has 0 radical (unpaired) electrons. The van der Waals surface area contributed by atoms with Gasteiger partial charge in [-0.05, 0) is 6.42 Å². The molecule has 78 valence electrons. The van der Waals surface area contributed by atoms with Gasteiger partial charge in [0, 0.05) is 6.54 Å². The molecule has 1 aromatic rings. The second kappa shape index (κ2) is 4.25. The molecule has 0 bridgehead atoms. The summed E-state index contributed by atoms with van der Waals surface area (Å²) in [5, 5.41) is 5.88. The number of nitrogens with zero attached hydrogens (tertiary/aromatic N) is 1. The van der Waals surface area contributed by atoms with E-state index in [2.05, 4.69) is 21.5 Å². The van der Waals surface area contributed by atoms with Crippen molar-refractivity contribution in [2.45, 2.75) is 11.3 Å². The van der Waals surface area contributed by atoms with Gasteiger partial charge in [-0.25, -0.2) is 13.1 Å². The lowest BCUT2D eigenvalue weighted by Gasteiger charge is -2.02. The molecule has 0 atom stereocenters. The molecular weight excluding hydrogens is 204 g/mol. The second-order valence-electron chi connectivity index (χ2n) is 2.62. The summed E-state index contributed by atoms with van der Waals surface area (Å²) in [5.41, 5.74) is 5.37. The van der Waals surface area contributed by atoms with Gasteiger partial charge in [-0.2, -0.15) is 5.10 Å². The quantitative estimate of drug-likeness (QED) is 0.470. The Kier molecular flexibility index (Phi) is 3.26. The van der Waals surface area contributed by atoms with E-state index in [-0.39, 0.29) is 10.7 Å². The molecule has 0 aliphatic carbocycles. The SMILES string of the molecule is C=CCCNS(=O)(=O)c1cn[nH]c1N. The van der Waals surface area contributed by atoms with E-state index < -0.39 is 10.0 Å². The van der Waals surface area contributed by atoms with E-state index in [1.807, 2.05) is 0 Å². The monoisotopic (exact) mass is 216 g/mol. The maximum Gasteiger partial charge on any atom is 0.245 e. The van der Waals surface area contributed by atoms with Crippen LogP contribution in [0.3, 0.4) is 0 Å². The van der Waals surface area contributed by atoms with Crippen molar-refractivity contribution >= 4 is 15.8 Å². The molecular formula is C7H12N4O2S. The molecule has 0 spiro atoms. The lowest BCUT2D eigenvalue weighted by Crippen LogP contribution is -2.24. The molecule has 4 N–H and O–H groups in total. The highest BCUT2D eigenvalue weighted by molar-refractivity contribution is 7.89. The van der Waals surface area contributed by atoms with Gasteiger partial charge in [0.05, 0.1) is 6.20 Å². The van der Waals surface area contributed by atoms with Gasteiger partial charge in [-0.3, -0.25) is 5.10 Å². The van der Waals surface area contributed by atoms with Crippen LogP contribution in [-0.2, 0) is 10.0 Å². The van der Waals surface area contributed by atoms with E-state index in [1.54, 1.807) is 6.08 Å². The standard InChI is InChI=1S/C7H12N4O2S/c1-2-3-4-10-14(12,13)6-5-9-11-7(6)8/h2,5,10H,1,3-4H2,(H3,8,9,11). The average molecular weight is 216 g/mol. The molecule has 1 heterocycles. The Hall–Kier alpha value is -1.34. The first-order chi connectivity index (χ1) is 6.58. The molecule has 0 amide bonds. The summed E-state index contributed by atoms with van der Waals surface area (Å²) in [6.07, 6.45) is 3.36. The summed E-state index contributed by atoms with van der Waals surface area (Å²) in [6.45, 7) is 3.78. The van der Waals surface area contributed by atoms with Gasteiger partial charge in [0.2, 0.25) is 10.0 Å². The Labute approximate surface area is 82.2 Å². The highest BCUT2D eigenvalue weighted by Crippen LogP contribution is 2.12. The minimum atomic E-state index is -3.54. The lowest BCUT2D eigenvalue weighted by molar-refractivity contribution is 0.582. The van der Waals surface area contributed by atoms with Crippen LogP contribution in [0.25, 0.3) is 0 Å². The van der Waals surface area contributed by atoms with Gasteiger partial charge in [0.1, 0.15) is 10.7 Å². The van der Waals surface area contributed by atoms with Gasteiger partial charge in [0.25, 0.3) is 0 Å². The smallest absolute Gasteiger partial charge is 0.245 e. The van der Waals surface area contributed by atoms with Crippen molar-refractivity contribution in [3.8, 4) is 0 Å². The molecule has 0 aliphatic heterocycles. The Bertz CT molecular complexity index is 409. The molecule has 1 aromatic heterocycles. The molecule has 0 saturated heterocycles. The third kappa shape index (κ3) is 2.33. The molecule has 0 saturated carbocycles. The van der Waals surface area contributed by atoms with Crippen molar-refractivity contribution in [3.05, 3.63) is 18.9 Å². The summed E-state index contributed by atoms with van der Waals surface area (Å²) in [6, 6.07) is 0. The fourth-order valence-corrected chi connectivity index (χ4v) is 1.94. The number of H-pyrrole nitrogens is 1. The molecule has 0 unspecified atom stereocenters. The van der Waals surface area contributed by atoms with Crippen LogP contribution >= 0.6 is 0 Å². The zero-order valence-electron chi connectivity index (χ0n) is 7.53. The highest BCUT2D eigenvalue weighted by Gasteiger charge is 2.17. The number of rotatable bonds is 5. The van der Waals surface area contributed by atoms with Crippen LogP contribution in [0.2, 0.25) is 0 Å². The fourth-order valence-electron chi connectivity index (χ4n) is 0.872. The van der Waals surface area contributed by atoms with Gasteiger partial charge in [0.15, 0.2) is 0 Å². The van der Waals surface area contributed by atoms with Crippen molar-refractivity contribution in [3.63, 3.8) is 0 Å². The summed E-state index contributed by atoms with van der Waals surface area (Å²) < 4.78 is 25.4. The van der Waals surface area contributed by atoms with Gasteiger partial charge < -0.3 is 5.73 Å². The highest BCUT2D eigenvalue weighted by atomic mass is 32.2. The summed E-state index contributed by atoms with van der Waals surface area (Å²) in [7, 11) is -3.54. The molecule has 0 aromatic carbocycles. The van der Waals surface area contributed by atoms with Gasteiger partial charge in [-0.1, -0.05) is 6.08 Å². The summed E-state index contributed by atoms with van der Waals surface area (Å²) in [4.78, 5) is -0.0263. The first-order valence-corrected chi connectivity index (χ1v) is 5.45. The molecule has 0 aliphatic rings. The maximum absolute atomic E-state index is 11.5. The third-order valence-electron chi connectivity index (χ3n) is 1.56. The first kappa shape index (κ1) is 10.7. The van der Waals surface area contributed by atoms with Crippen molar-refractivity contribution in [1.29, 1.82) is 0 Å². The molecule has 6 nitrogen and oxygen atoms in total. The number of hydrogen-bond donors (Lipinski definition) is 3. The Balaban J connectivity index is 2.76. The number of nitrogens with one attached hydrogen (secondary N) is 2. The van der Waals surface area contributed by atoms with Crippen LogP contribution in [-0.4, -0.2) is 25.2 Å². The largest absolute Gasteiger partial charge is 0.383 e. The van der Waals surface area contributed by atoms with Crippen molar-refractivity contribution < 1.29 is 8.42 Å². The van der Waals surface area contributed by atoms with Crippen LogP contribution in [0.1, 0.15) is 6.42 Å². The summed E-state index contributed by atoms with van der Waals surface area (Å²) >= 11 is 0. The summed E-state index contributed by atoms with van der Waals surface area (Å²) in [5.74, 6) is 0.0381. The zero-order chi connectivity index (χ0) is 10.6. The third-order valence-corrected chi connectivity index (χ3v) is 3.05. The predicted octanol–water partition coefficient (Wildman–Crippen LogP) is -0.154. The first-order valence-electron chi connectivity index (χ1n) is 3.97. The lowest BCUT2D eigenvalue weighted by atomic mass is 10.4. The minimum absolute atomic E-state index is 0.0263. The molecule has 0 fully saturated rings. The minimum Gasteiger partial charge on any atom is -0.383 e. The topological polar surface area (TPSA) is 101 Å². The zero-order valence-corrected chi connectivity index (χ0v) is 8.34. The second-order valence-corrected chi connectivity index (χ2v) is 4.36. The van der Waals surface area contributed by atoms with Crippen molar-refractivity contribution in [2.75, 3.05) is 12.3 Å².